The number of hydrogen-bond donors (Lipinski definition) is 2. The zero-order chi connectivity index (χ0) is 18.0. The van der Waals surface area contributed by atoms with Crippen LogP contribution in [0.15, 0.2) is 28.1 Å². The highest BCUT2D eigenvalue weighted by molar-refractivity contribution is 7.90. The van der Waals surface area contributed by atoms with Crippen LogP contribution in [0.4, 0.5) is 0 Å². The molecule has 1 aromatic rings. The number of aryl methyl sites for hydroxylation is 1. The maximum absolute atomic E-state index is 11.7. The maximum Gasteiger partial charge on any atom is 0.191 e. The van der Waals surface area contributed by atoms with Crippen LogP contribution in [0.3, 0.4) is 0 Å². The number of guanidine groups is 1. The zero-order valence-corrected chi connectivity index (χ0v) is 15.9. The second-order valence-corrected chi connectivity index (χ2v) is 7.53. The molecule has 0 radical (unpaired) electrons. The minimum absolute atomic E-state index is 0.371. The van der Waals surface area contributed by atoms with Crippen LogP contribution >= 0.6 is 0 Å². The number of aliphatic imine (C=N–C) groups is 1. The summed E-state index contributed by atoms with van der Waals surface area (Å²) in [6.07, 6.45) is 2.14. The quantitative estimate of drug-likeness (QED) is 0.402. The first kappa shape index (κ1) is 20.4. The van der Waals surface area contributed by atoms with E-state index in [0.29, 0.717) is 11.4 Å². The second-order valence-electron chi connectivity index (χ2n) is 5.54. The molecule has 0 aliphatic rings. The molecule has 0 bridgehead atoms. The molecule has 7 heteroatoms. The van der Waals surface area contributed by atoms with Gasteiger partial charge in [0.05, 0.1) is 11.4 Å². The molecule has 0 saturated carbocycles. The molecule has 0 amide bonds. The van der Waals surface area contributed by atoms with Gasteiger partial charge in [0.25, 0.3) is 0 Å². The largest absolute Gasteiger partial charge is 0.382 e. The topological polar surface area (TPSA) is 79.8 Å². The lowest BCUT2D eigenvalue weighted by Crippen LogP contribution is -2.38. The van der Waals surface area contributed by atoms with Crippen molar-refractivity contribution in [3.8, 4) is 0 Å². The highest BCUT2D eigenvalue weighted by Gasteiger charge is 2.10. The molecule has 6 nitrogen and oxygen atoms in total. The first-order valence-electron chi connectivity index (χ1n) is 8.28. The minimum atomic E-state index is -3.18. The van der Waals surface area contributed by atoms with Crippen LogP contribution in [0.1, 0.15) is 31.4 Å². The lowest BCUT2D eigenvalue weighted by molar-refractivity contribution is 0.145. The van der Waals surface area contributed by atoms with E-state index in [2.05, 4.69) is 15.6 Å². The fraction of sp³-hybridized carbons (Fsp3) is 0.588. The van der Waals surface area contributed by atoms with Crippen molar-refractivity contribution in [3.63, 3.8) is 0 Å². The monoisotopic (exact) mass is 355 g/mol. The average Bonchev–Trinajstić information content (AvgIpc) is 2.51. The van der Waals surface area contributed by atoms with Crippen LogP contribution in [0.25, 0.3) is 0 Å². The smallest absolute Gasteiger partial charge is 0.191 e. The summed E-state index contributed by atoms with van der Waals surface area (Å²) in [5.41, 5.74) is 1.73. The van der Waals surface area contributed by atoms with E-state index in [0.717, 1.165) is 49.8 Å². The van der Waals surface area contributed by atoms with Crippen molar-refractivity contribution in [2.24, 2.45) is 4.99 Å². The van der Waals surface area contributed by atoms with Crippen molar-refractivity contribution in [1.82, 2.24) is 10.6 Å². The summed E-state index contributed by atoms with van der Waals surface area (Å²) in [5.74, 6) is 0.749. The number of nitrogens with one attached hydrogen (secondary N) is 2. The predicted octanol–water partition coefficient (Wildman–Crippen LogP) is 1.88. The molecule has 0 aliphatic carbocycles. The highest BCUT2D eigenvalue weighted by Crippen LogP contribution is 2.17. The van der Waals surface area contributed by atoms with Gasteiger partial charge < -0.3 is 15.4 Å². The van der Waals surface area contributed by atoms with Gasteiger partial charge in [-0.15, -0.1) is 0 Å². The van der Waals surface area contributed by atoms with E-state index in [9.17, 15) is 8.42 Å². The normalized spacial score (nSPS) is 12.2. The summed E-state index contributed by atoms with van der Waals surface area (Å²) in [6.45, 7) is 9.33. The Balaban J connectivity index is 2.67. The molecule has 24 heavy (non-hydrogen) atoms. The summed E-state index contributed by atoms with van der Waals surface area (Å²) in [6, 6.07) is 5.34. The Bertz CT molecular complexity index is 642. The Morgan fingerprint density at radius 2 is 2.00 bits per heavy atom. The molecule has 1 aromatic carbocycles. The van der Waals surface area contributed by atoms with Gasteiger partial charge in [0.15, 0.2) is 15.8 Å². The molecule has 1 rings (SSSR count). The maximum atomic E-state index is 11.7. The first-order chi connectivity index (χ1) is 11.4. The van der Waals surface area contributed by atoms with E-state index < -0.39 is 9.84 Å². The summed E-state index contributed by atoms with van der Waals surface area (Å²) in [5, 5.41) is 6.46. The van der Waals surface area contributed by atoms with Crippen molar-refractivity contribution in [3.05, 3.63) is 29.3 Å². The number of sulfone groups is 1. The number of ether oxygens (including phenoxy) is 1. The van der Waals surface area contributed by atoms with E-state index >= 15 is 0 Å². The highest BCUT2D eigenvalue weighted by atomic mass is 32.2. The number of hydrogen-bond acceptors (Lipinski definition) is 4. The van der Waals surface area contributed by atoms with E-state index in [1.807, 2.05) is 26.0 Å². The number of nitrogens with zero attached hydrogens (tertiary/aromatic N) is 1. The third kappa shape index (κ3) is 7.31. The average molecular weight is 356 g/mol. The molecule has 0 aromatic heterocycles. The number of rotatable bonds is 9. The van der Waals surface area contributed by atoms with Gasteiger partial charge in [0.2, 0.25) is 0 Å². The van der Waals surface area contributed by atoms with E-state index in [4.69, 9.17) is 4.74 Å². The van der Waals surface area contributed by atoms with Gasteiger partial charge in [-0.2, -0.15) is 0 Å². The summed E-state index contributed by atoms with van der Waals surface area (Å²) in [7, 11) is -3.18. The van der Waals surface area contributed by atoms with Crippen molar-refractivity contribution >= 4 is 15.8 Å². The number of benzene rings is 1. The fourth-order valence-corrected chi connectivity index (χ4v) is 3.22. The molecule has 0 unspecified atom stereocenters. The van der Waals surface area contributed by atoms with Gasteiger partial charge in [-0.1, -0.05) is 12.1 Å². The van der Waals surface area contributed by atoms with Crippen LogP contribution in [0.2, 0.25) is 0 Å². The summed E-state index contributed by atoms with van der Waals surface area (Å²) >= 11 is 0. The molecule has 0 saturated heterocycles. The molecule has 2 N–H and O–H groups in total. The van der Waals surface area contributed by atoms with Crippen LogP contribution in [0, 0.1) is 6.92 Å². The van der Waals surface area contributed by atoms with E-state index in [1.54, 1.807) is 13.0 Å². The van der Waals surface area contributed by atoms with Crippen molar-refractivity contribution in [2.45, 2.75) is 38.6 Å². The van der Waals surface area contributed by atoms with Crippen molar-refractivity contribution < 1.29 is 13.2 Å². The molecule has 0 atom stereocenters. The van der Waals surface area contributed by atoms with Crippen LogP contribution in [-0.2, 0) is 21.1 Å². The van der Waals surface area contributed by atoms with Gasteiger partial charge in [-0.05, 0) is 44.4 Å². The van der Waals surface area contributed by atoms with Gasteiger partial charge in [0, 0.05) is 32.6 Å². The van der Waals surface area contributed by atoms with Crippen LogP contribution in [-0.4, -0.2) is 46.9 Å². The van der Waals surface area contributed by atoms with Crippen LogP contribution < -0.4 is 10.6 Å². The fourth-order valence-electron chi connectivity index (χ4n) is 2.26. The molecule has 0 fully saturated rings. The Morgan fingerprint density at radius 3 is 2.58 bits per heavy atom. The molecule has 0 heterocycles. The molecular formula is C17H29N3O3S. The molecular weight excluding hydrogens is 326 g/mol. The molecule has 136 valence electrons. The standard InChI is InChI=1S/C17H29N3O3S/c1-5-18-17(19-10-7-11-23-6-2)20-13-15-8-9-16(14(3)12-15)24(4,21)22/h8-9,12H,5-7,10-11,13H2,1-4H3,(H2,18,19,20). The first-order valence-corrected chi connectivity index (χ1v) is 10.2. The molecule has 0 spiro atoms. The second kappa shape index (κ2) is 10.3. The summed E-state index contributed by atoms with van der Waals surface area (Å²) < 4.78 is 28.6. The Hall–Kier alpha value is -1.60. The molecule has 0 aliphatic heterocycles. The van der Waals surface area contributed by atoms with E-state index in [1.165, 1.54) is 6.26 Å². The Kier molecular flexibility index (Phi) is 8.78. The lowest BCUT2D eigenvalue weighted by Gasteiger charge is -2.11. The van der Waals surface area contributed by atoms with Gasteiger partial charge in [-0.25, -0.2) is 13.4 Å². The third-order valence-corrected chi connectivity index (χ3v) is 4.62. The summed E-state index contributed by atoms with van der Waals surface area (Å²) in [4.78, 5) is 4.91. The zero-order valence-electron chi connectivity index (χ0n) is 15.1. The lowest BCUT2D eigenvalue weighted by atomic mass is 10.1. The Morgan fingerprint density at radius 1 is 1.25 bits per heavy atom. The minimum Gasteiger partial charge on any atom is -0.382 e. The van der Waals surface area contributed by atoms with Crippen molar-refractivity contribution in [1.29, 1.82) is 0 Å². The van der Waals surface area contributed by atoms with Gasteiger partial charge in [0.1, 0.15) is 0 Å². The van der Waals surface area contributed by atoms with Gasteiger partial charge in [-0.3, -0.25) is 0 Å². The van der Waals surface area contributed by atoms with Crippen LogP contribution in [0.5, 0.6) is 0 Å². The van der Waals surface area contributed by atoms with Gasteiger partial charge >= 0.3 is 0 Å². The third-order valence-electron chi connectivity index (χ3n) is 3.36. The van der Waals surface area contributed by atoms with Crippen molar-refractivity contribution in [2.75, 3.05) is 32.6 Å². The predicted molar refractivity (Wildman–Crippen MR) is 98.2 cm³/mol. The van der Waals surface area contributed by atoms with E-state index in [-0.39, 0.29) is 0 Å². The SMILES string of the molecule is CCNC(=NCc1ccc(S(C)(=O)=O)c(C)c1)NCCCOCC. The Labute approximate surface area is 145 Å².